The largest absolute Gasteiger partial charge is 0.489 e. The van der Waals surface area contributed by atoms with Crippen molar-refractivity contribution in [2.45, 2.75) is 13.5 Å². The van der Waals surface area contributed by atoms with Crippen molar-refractivity contribution in [3.8, 4) is 5.75 Å². The quantitative estimate of drug-likeness (QED) is 0.822. The van der Waals surface area contributed by atoms with Crippen molar-refractivity contribution in [1.82, 2.24) is 0 Å². The second-order valence-corrected chi connectivity index (χ2v) is 3.94. The minimum atomic E-state index is -0.271. The molecule has 0 amide bonds. The minimum absolute atomic E-state index is 0.271. The fraction of sp³-hybridized carbons (Fsp3) is 0.143. The Morgan fingerprint density at radius 3 is 2.47 bits per heavy atom. The molecule has 0 saturated heterocycles. The molecule has 0 fully saturated rings. The van der Waals surface area contributed by atoms with E-state index >= 15 is 0 Å². The van der Waals surface area contributed by atoms with Crippen LogP contribution >= 0.6 is 0 Å². The first kappa shape index (κ1) is 11.5. The summed E-state index contributed by atoms with van der Waals surface area (Å²) in [6.07, 6.45) is 0. The Balaban J connectivity index is 2.04. The van der Waals surface area contributed by atoms with E-state index in [1.807, 2.05) is 25.1 Å². The van der Waals surface area contributed by atoms with Gasteiger partial charge in [-0.1, -0.05) is 12.1 Å². The van der Waals surface area contributed by atoms with Gasteiger partial charge in [0.2, 0.25) is 0 Å². The molecule has 0 aliphatic heterocycles. The van der Waals surface area contributed by atoms with E-state index < -0.39 is 0 Å². The molecule has 0 spiro atoms. The van der Waals surface area contributed by atoms with Crippen LogP contribution in [0.25, 0.3) is 0 Å². The molecule has 0 aromatic heterocycles. The van der Waals surface area contributed by atoms with Gasteiger partial charge < -0.3 is 10.5 Å². The van der Waals surface area contributed by atoms with Crippen LogP contribution in [0, 0.1) is 12.7 Å². The molecule has 2 rings (SSSR count). The van der Waals surface area contributed by atoms with E-state index in [1.165, 1.54) is 12.1 Å². The van der Waals surface area contributed by atoms with Crippen LogP contribution in [0.1, 0.15) is 11.1 Å². The van der Waals surface area contributed by atoms with Gasteiger partial charge in [-0.2, -0.15) is 0 Å². The van der Waals surface area contributed by atoms with Crippen molar-refractivity contribution >= 4 is 5.69 Å². The molecular formula is C14H14FNO. The monoisotopic (exact) mass is 231 g/mol. The van der Waals surface area contributed by atoms with E-state index in [2.05, 4.69) is 0 Å². The van der Waals surface area contributed by atoms with Crippen LogP contribution < -0.4 is 10.5 Å². The summed E-state index contributed by atoms with van der Waals surface area (Å²) in [7, 11) is 0. The number of nitrogen functional groups attached to an aromatic ring is 1. The van der Waals surface area contributed by atoms with Gasteiger partial charge in [-0.25, -0.2) is 4.39 Å². The molecule has 0 bridgehead atoms. The number of hydrogen-bond acceptors (Lipinski definition) is 2. The number of anilines is 1. The number of benzene rings is 2. The van der Waals surface area contributed by atoms with Crippen LogP contribution in [0.3, 0.4) is 0 Å². The molecule has 0 aliphatic rings. The number of halogens is 1. The van der Waals surface area contributed by atoms with E-state index in [1.54, 1.807) is 12.1 Å². The first-order valence-corrected chi connectivity index (χ1v) is 5.38. The molecule has 0 atom stereocenters. The standard InChI is InChI=1S/C14H14FNO/c1-10-2-3-11(14(16)8-10)9-17-13-6-4-12(15)5-7-13/h2-8H,9,16H2,1H3. The van der Waals surface area contributed by atoms with E-state index in [0.29, 0.717) is 18.0 Å². The molecule has 2 aromatic carbocycles. The molecule has 2 aromatic rings. The molecule has 0 heterocycles. The Morgan fingerprint density at radius 1 is 1.12 bits per heavy atom. The SMILES string of the molecule is Cc1ccc(COc2ccc(F)cc2)c(N)c1. The molecule has 0 saturated carbocycles. The smallest absolute Gasteiger partial charge is 0.123 e. The zero-order valence-electron chi connectivity index (χ0n) is 9.61. The normalized spacial score (nSPS) is 10.2. The Morgan fingerprint density at radius 2 is 1.82 bits per heavy atom. The molecule has 88 valence electrons. The van der Waals surface area contributed by atoms with Crippen LogP contribution in [0.5, 0.6) is 5.75 Å². The summed E-state index contributed by atoms with van der Waals surface area (Å²) in [4.78, 5) is 0. The van der Waals surface area contributed by atoms with E-state index in [-0.39, 0.29) is 5.82 Å². The number of rotatable bonds is 3. The summed E-state index contributed by atoms with van der Waals surface area (Å²) in [5, 5.41) is 0. The molecule has 2 N–H and O–H groups in total. The summed E-state index contributed by atoms with van der Waals surface area (Å²) in [5.41, 5.74) is 8.63. The first-order chi connectivity index (χ1) is 8.15. The third-order valence-corrected chi connectivity index (χ3v) is 2.51. The van der Waals surface area contributed by atoms with Crippen molar-refractivity contribution in [2.24, 2.45) is 0 Å². The van der Waals surface area contributed by atoms with Crippen molar-refractivity contribution in [1.29, 1.82) is 0 Å². The highest BCUT2D eigenvalue weighted by atomic mass is 19.1. The second-order valence-electron chi connectivity index (χ2n) is 3.94. The average Bonchev–Trinajstić information content (AvgIpc) is 2.30. The molecule has 17 heavy (non-hydrogen) atoms. The van der Waals surface area contributed by atoms with Crippen molar-refractivity contribution in [3.63, 3.8) is 0 Å². The van der Waals surface area contributed by atoms with Crippen molar-refractivity contribution in [3.05, 3.63) is 59.4 Å². The zero-order valence-corrected chi connectivity index (χ0v) is 9.61. The number of aryl methyl sites for hydroxylation is 1. The van der Waals surface area contributed by atoms with Crippen molar-refractivity contribution < 1.29 is 9.13 Å². The van der Waals surface area contributed by atoms with Crippen LogP contribution in [-0.2, 0) is 6.61 Å². The number of hydrogen-bond donors (Lipinski definition) is 1. The van der Waals surface area contributed by atoms with Gasteiger partial charge in [-0.3, -0.25) is 0 Å². The van der Waals surface area contributed by atoms with Crippen LogP contribution in [0.4, 0.5) is 10.1 Å². The highest BCUT2D eigenvalue weighted by Gasteiger charge is 2.01. The Labute approximate surface area is 99.8 Å². The topological polar surface area (TPSA) is 35.2 Å². The number of ether oxygens (including phenoxy) is 1. The van der Waals surface area contributed by atoms with Crippen LogP contribution in [0.2, 0.25) is 0 Å². The summed E-state index contributed by atoms with van der Waals surface area (Å²) >= 11 is 0. The van der Waals surface area contributed by atoms with Gasteiger partial charge in [0.1, 0.15) is 18.2 Å². The zero-order chi connectivity index (χ0) is 12.3. The molecular weight excluding hydrogens is 217 g/mol. The highest BCUT2D eigenvalue weighted by Crippen LogP contribution is 2.17. The minimum Gasteiger partial charge on any atom is -0.489 e. The van der Waals surface area contributed by atoms with Crippen LogP contribution in [-0.4, -0.2) is 0 Å². The van der Waals surface area contributed by atoms with E-state index in [9.17, 15) is 4.39 Å². The van der Waals surface area contributed by atoms with Gasteiger partial charge in [0.15, 0.2) is 0 Å². The third kappa shape index (κ3) is 2.97. The molecule has 0 unspecified atom stereocenters. The fourth-order valence-electron chi connectivity index (χ4n) is 1.54. The maximum atomic E-state index is 12.7. The van der Waals surface area contributed by atoms with Gasteiger partial charge in [0, 0.05) is 11.3 Å². The first-order valence-electron chi connectivity index (χ1n) is 5.38. The maximum Gasteiger partial charge on any atom is 0.123 e. The van der Waals surface area contributed by atoms with Gasteiger partial charge in [-0.05, 0) is 42.8 Å². The molecule has 0 aliphatic carbocycles. The molecule has 2 nitrogen and oxygen atoms in total. The van der Waals surface area contributed by atoms with Crippen molar-refractivity contribution in [2.75, 3.05) is 5.73 Å². The van der Waals surface area contributed by atoms with E-state index in [4.69, 9.17) is 10.5 Å². The number of nitrogens with two attached hydrogens (primary N) is 1. The predicted octanol–water partition coefficient (Wildman–Crippen LogP) is 3.30. The van der Waals surface area contributed by atoms with Gasteiger partial charge in [0.05, 0.1) is 0 Å². The maximum absolute atomic E-state index is 12.7. The van der Waals surface area contributed by atoms with Gasteiger partial charge >= 0.3 is 0 Å². The van der Waals surface area contributed by atoms with E-state index in [0.717, 1.165) is 11.1 Å². The molecule has 0 radical (unpaired) electrons. The Kier molecular flexibility index (Phi) is 3.28. The summed E-state index contributed by atoms with van der Waals surface area (Å²) in [6.45, 7) is 2.37. The van der Waals surface area contributed by atoms with Gasteiger partial charge in [0.25, 0.3) is 0 Å². The summed E-state index contributed by atoms with van der Waals surface area (Å²) < 4.78 is 18.2. The third-order valence-electron chi connectivity index (χ3n) is 2.51. The summed E-state index contributed by atoms with van der Waals surface area (Å²) in [6, 6.07) is 11.8. The van der Waals surface area contributed by atoms with Gasteiger partial charge in [-0.15, -0.1) is 0 Å². The predicted molar refractivity (Wildman–Crippen MR) is 66.3 cm³/mol. The highest BCUT2D eigenvalue weighted by molar-refractivity contribution is 5.48. The lowest BCUT2D eigenvalue weighted by Gasteiger charge is -2.09. The second kappa shape index (κ2) is 4.87. The van der Waals surface area contributed by atoms with Crippen LogP contribution in [0.15, 0.2) is 42.5 Å². The molecule has 3 heteroatoms. The Hall–Kier alpha value is -2.03. The average molecular weight is 231 g/mol. The lowest BCUT2D eigenvalue weighted by molar-refractivity contribution is 0.306. The lowest BCUT2D eigenvalue weighted by Crippen LogP contribution is -2.00. The fourth-order valence-corrected chi connectivity index (χ4v) is 1.54. The Bertz CT molecular complexity index is 508. The summed E-state index contributed by atoms with van der Waals surface area (Å²) in [5.74, 6) is 0.360. The lowest BCUT2D eigenvalue weighted by atomic mass is 10.1.